The van der Waals surface area contributed by atoms with Gasteiger partial charge in [0.05, 0.1) is 17.5 Å². The van der Waals surface area contributed by atoms with E-state index >= 15 is 0 Å². The summed E-state index contributed by atoms with van der Waals surface area (Å²) < 4.78 is 23.1. The third-order valence-corrected chi connectivity index (χ3v) is 4.23. The number of para-hydroxylation sites is 1. The Hall–Kier alpha value is -3.94. The minimum atomic E-state index is -0.756. The highest BCUT2D eigenvalue weighted by Crippen LogP contribution is 2.18. The Morgan fingerprint density at radius 2 is 1.77 bits per heavy atom. The molecule has 1 heterocycles. The van der Waals surface area contributed by atoms with Crippen molar-refractivity contribution in [3.63, 3.8) is 0 Å². The van der Waals surface area contributed by atoms with E-state index in [9.17, 15) is 18.8 Å². The van der Waals surface area contributed by atoms with E-state index in [1.54, 1.807) is 43.4 Å². The van der Waals surface area contributed by atoms with Crippen LogP contribution in [0.5, 0.6) is 0 Å². The topological polar surface area (TPSA) is 88.9 Å². The summed E-state index contributed by atoms with van der Waals surface area (Å²) in [7, 11) is 1.55. The third kappa shape index (κ3) is 5.32. The van der Waals surface area contributed by atoms with Crippen molar-refractivity contribution in [2.75, 3.05) is 19.0 Å². The fraction of sp³-hybridized carbons (Fsp3) is 0.136. The van der Waals surface area contributed by atoms with Gasteiger partial charge in [-0.3, -0.25) is 9.59 Å². The van der Waals surface area contributed by atoms with Crippen molar-refractivity contribution >= 4 is 23.5 Å². The van der Waals surface area contributed by atoms with Crippen LogP contribution >= 0.6 is 0 Å². The Kier molecular flexibility index (Phi) is 6.59. The van der Waals surface area contributed by atoms with Gasteiger partial charge in [-0.25, -0.2) is 9.18 Å². The highest BCUT2D eigenvalue weighted by molar-refractivity contribution is 6.06. The van der Waals surface area contributed by atoms with E-state index < -0.39 is 24.4 Å². The minimum Gasteiger partial charge on any atom is -0.459 e. The largest absolute Gasteiger partial charge is 0.459 e. The zero-order valence-electron chi connectivity index (χ0n) is 16.1. The molecule has 3 aromatic rings. The fourth-order valence-electron chi connectivity index (χ4n) is 2.63. The lowest BCUT2D eigenvalue weighted by atomic mass is 10.1. The molecule has 8 heteroatoms. The summed E-state index contributed by atoms with van der Waals surface area (Å²) in [6.45, 7) is -0.233. The van der Waals surface area contributed by atoms with Crippen molar-refractivity contribution in [2.45, 2.75) is 6.54 Å². The second kappa shape index (κ2) is 9.51. The zero-order valence-corrected chi connectivity index (χ0v) is 16.1. The number of halogens is 1. The van der Waals surface area contributed by atoms with Gasteiger partial charge in [0.1, 0.15) is 5.82 Å². The summed E-state index contributed by atoms with van der Waals surface area (Å²) in [5.74, 6) is -1.97. The molecule has 154 valence electrons. The molecule has 30 heavy (non-hydrogen) atoms. The first-order valence-corrected chi connectivity index (χ1v) is 9.03. The Balaban J connectivity index is 1.58. The van der Waals surface area contributed by atoms with Crippen molar-refractivity contribution in [3.05, 3.63) is 89.6 Å². The number of hydrogen-bond acceptors (Lipinski definition) is 5. The molecule has 1 aromatic heterocycles. The highest BCUT2D eigenvalue weighted by atomic mass is 19.1. The summed E-state index contributed by atoms with van der Waals surface area (Å²) in [5, 5.41) is 2.58. The first kappa shape index (κ1) is 20.8. The van der Waals surface area contributed by atoms with E-state index in [1.165, 1.54) is 35.4 Å². The van der Waals surface area contributed by atoms with Crippen LogP contribution in [0.25, 0.3) is 0 Å². The maximum Gasteiger partial charge on any atom is 0.340 e. The molecule has 2 amide bonds. The van der Waals surface area contributed by atoms with Gasteiger partial charge in [-0.05, 0) is 42.0 Å². The van der Waals surface area contributed by atoms with Crippen LogP contribution in [-0.2, 0) is 16.1 Å². The molecule has 0 bridgehead atoms. The van der Waals surface area contributed by atoms with Crippen LogP contribution in [0.2, 0.25) is 0 Å². The Morgan fingerprint density at radius 3 is 2.47 bits per heavy atom. The molecule has 7 nitrogen and oxygen atoms in total. The zero-order chi connectivity index (χ0) is 21.5. The number of amides is 2. The monoisotopic (exact) mass is 410 g/mol. The molecule has 0 radical (unpaired) electrons. The van der Waals surface area contributed by atoms with Crippen molar-refractivity contribution < 1.29 is 27.9 Å². The number of nitrogens with zero attached hydrogens (tertiary/aromatic N) is 1. The van der Waals surface area contributed by atoms with E-state index in [2.05, 4.69) is 5.32 Å². The number of esters is 1. The molecule has 0 fully saturated rings. The smallest absolute Gasteiger partial charge is 0.340 e. The van der Waals surface area contributed by atoms with Gasteiger partial charge < -0.3 is 19.4 Å². The number of anilines is 1. The van der Waals surface area contributed by atoms with E-state index in [1.807, 2.05) is 0 Å². The molecule has 0 aliphatic rings. The molecule has 1 N–H and O–H groups in total. The Labute approximate surface area is 172 Å². The quantitative estimate of drug-likeness (QED) is 0.603. The molecule has 2 aromatic carbocycles. The molecule has 0 spiro atoms. The molecule has 0 unspecified atom stereocenters. The number of nitrogens with one attached hydrogen (secondary N) is 1. The number of rotatable bonds is 7. The van der Waals surface area contributed by atoms with E-state index in [0.29, 0.717) is 0 Å². The van der Waals surface area contributed by atoms with Crippen LogP contribution < -0.4 is 5.32 Å². The molecule has 0 saturated heterocycles. The van der Waals surface area contributed by atoms with Crippen LogP contribution in [0.15, 0.2) is 71.3 Å². The predicted molar refractivity (Wildman–Crippen MR) is 106 cm³/mol. The maximum absolute atomic E-state index is 13.0. The Morgan fingerprint density at radius 1 is 1.03 bits per heavy atom. The van der Waals surface area contributed by atoms with Crippen LogP contribution in [0.3, 0.4) is 0 Å². The van der Waals surface area contributed by atoms with Gasteiger partial charge in [0.15, 0.2) is 12.4 Å². The van der Waals surface area contributed by atoms with Gasteiger partial charge in [-0.2, -0.15) is 0 Å². The van der Waals surface area contributed by atoms with Gasteiger partial charge in [0.25, 0.3) is 11.8 Å². The van der Waals surface area contributed by atoms with Crippen molar-refractivity contribution in [3.8, 4) is 0 Å². The average molecular weight is 410 g/mol. The SMILES string of the molecule is CN(Cc1ccc(F)cc1)C(=O)COC(=O)c1ccccc1NC(=O)c1ccco1. The van der Waals surface area contributed by atoms with Crippen molar-refractivity contribution in [2.24, 2.45) is 0 Å². The molecule has 0 aliphatic heterocycles. The molecule has 0 saturated carbocycles. The van der Waals surface area contributed by atoms with Crippen LogP contribution in [0.1, 0.15) is 26.5 Å². The lowest BCUT2D eigenvalue weighted by Crippen LogP contribution is -2.31. The molecular weight excluding hydrogens is 391 g/mol. The second-order valence-corrected chi connectivity index (χ2v) is 6.43. The van der Waals surface area contributed by atoms with Gasteiger partial charge >= 0.3 is 5.97 Å². The van der Waals surface area contributed by atoms with Gasteiger partial charge in [-0.1, -0.05) is 24.3 Å². The number of hydrogen-bond donors (Lipinski definition) is 1. The standard InChI is InChI=1S/C22H19FN2O5/c1-25(13-15-8-10-16(23)11-9-15)20(26)14-30-22(28)17-5-2-3-6-18(17)24-21(27)19-7-4-12-29-19/h2-12H,13-14H2,1H3,(H,24,27). The first-order valence-electron chi connectivity index (χ1n) is 9.03. The summed E-state index contributed by atoms with van der Waals surface area (Å²) in [5.41, 5.74) is 1.08. The van der Waals surface area contributed by atoms with Gasteiger partial charge in [0.2, 0.25) is 0 Å². The summed E-state index contributed by atoms with van der Waals surface area (Å²) in [6, 6.07) is 15.1. The molecule has 0 aliphatic carbocycles. The number of carbonyl (C=O) groups excluding carboxylic acids is 3. The molecular formula is C22H19FN2O5. The average Bonchev–Trinajstić information content (AvgIpc) is 3.29. The second-order valence-electron chi connectivity index (χ2n) is 6.43. The van der Waals surface area contributed by atoms with E-state index in [-0.39, 0.29) is 29.4 Å². The first-order chi connectivity index (χ1) is 14.4. The van der Waals surface area contributed by atoms with Crippen LogP contribution in [0.4, 0.5) is 10.1 Å². The van der Waals surface area contributed by atoms with Crippen molar-refractivity contribution in [1.82, 2.24) is 4.90 Å². The van der Waals surface area contributed by atoms with E-state index in [4.69, 9.17) is 9.15 Å². The summed E-state index contributed by atoms with van der Waals surface area (Å²) in [4.78, 5) is 38.2. The number of furan rings is 1. The van der Waals surface area contributed by atoms with Crippen LogP contribution in [0, 0.1) is 5.82 Å². The normalized spacial score (nSPS) is 10.3. The van der Waals surface area contributed by atoms with E-state index in [0.717, 1.165) is 5.56 Å². The lowest BCUT2D eigenvalue weighted by molar-refractivity contribution is -0.133. The molecule has 3 rings (SSSR count). The predicted octanol–water partition coefficient (Wildman–Crippen LogP) is 3.49. The lowest BCUT2D eigenvalue weighted by Gasteiger charge is -2.17. The minimum absolute atomic E-state index is 0.0933. The number of ether oxygens (including phenoxy) is 1. The van der Waals surface area contributed by atoms with Gasteiger partial charge in [-0.15, -0.1) is 0 Å². The highest BCUT2D eigenvalue weighted by Gasteiger charge is 2.18. The summed E-state index contributed by atoms with van der Waals surface area (Å²) in [6.07, 6.45) is 1.36. The number of carbonyl (C=O) groups is 3. The molecule has 0 atom stereocenters. The Bertz CT molecular complexity index is 1030. The van der Waals surface area contributed by atoms with Crippen molar-refractivity contribution in [1.29, 1.82) is 0 Å². The summed E-state index contributed by atoms with van der Waals surface area (Å²) >= 11 is 0. The van der Waals surface area contributed by atoms with Gasteiger partial charge in [0, 0.05) is 13.6 Å². The maximum atomic E-state index is 13.0. The third-order valence-electron chi connectivity index (χ3n) is 4.23. The number of likely N-dealkylation sites (N-methyl/N-ethyl adjacent to an activating group) is 1. The van der Waals surface area contributed by atoms with Crippen LogP contribution in [-0.4, -0.2) is 36.3 Å². The number of benzene rings is 2. The fourth-order valence-corrected chi connectivity index (χ4v) is 2.63.